The van der Waals surface area contributed by atoms with Crippen LogP contribution in [0.1, 0.15) is 25.4 Å². The number of likely N-dealkylation sites (N-methyl/N-ethyl adjacent to an activating group) is 1. The van der Waals surface area contributed by atoms with E-state index in [0.717, 1.165) is 55.5 Å². The Morgan fingerprint density at radius 2 is 1.77 bits per heavy atom. The van der Waals surface area contributed by atoms with Crippen LogP contribution >= 0.6 is 0 Å². The Labute approximate surface area is 177 Å². The van der Waals surface area contributed by atoms with Gasteiger partial charge in [0.15, 0.2) is 0 Å². The molecule has 2 aliphatic rings. The zero-order valence-electron chi connectivity index (χ0n) is 18.1. The molecule has 0 spiro atoms. The minimum absolute atomic E-state index is 0.0108. The maximum atomic E-state index is 13.5. The lowest BCUT2D eigenvalue weighted by Gasteiger charge is -2.42. The molecule has 1 aromatic heterocycles. The molecular weight excluding hydrogens is 383 g/mol. The van der Waals surface area contributed by atoms with Crippen molar-refractivity contribution < 1.29 is 9.18 Å². The van der Waals surface area contributed by atoms with Crippen molar-refractivity contribution in [1.82, 2.24) is 24.3 Å². The van der Waals surface area contributed by atoms with Crippen LogP contribution in [-0.2, 0) is 23.4 Å². The summed E-state index contributed by atoms with van der Waals surface area (Å²) in [6.45, 7) is 10.2. The number of nitrogens with zero attached hydrogens (tertiary/aromatic N) is 5. The summed E-state index contributed by atoms with van der Waals surface area (Å²) >= 11 is 0. The second-order valence-electron chi connectivity index (χ2n) is 8.78. The normalized spacial score (nSPS) is 19.7. The van der Waals surface area contributed by atoms with Crippen molar-refractivity contribution in [2.45, 2.75) is 32.5 Å². The molecule has 2 N–H and O–H groups in total. The highest BCUT2D eigenvalue weighted by molar-refractivity contribution is 5.79. The monoisotopic (exact) mass is 414 g/mol. The minimum atomic E-state index is -0.566. The third-order valence-electron chi connectivity index (χ3n) is 6.40. The summed E-state index contributed by atoms with van der Waals surface area (Å²) in [7, 11) is 2.15. The van der Waals surface area contributed by atoms with Crippen LogP contribution in [0.4, 0.5) is 4.39 Å². The van der Waals surface area contributed by atoms with Crippen molar-refractivity contribution in [2.24, 2.45) is 5.73 Å². The second kappa shape index (κ2) is 8.09. The number of carbonyl (C=O) groups is 1. The van der Waals surface area contributed by atoms with E-state index in [1.165, 1.54) is 12.1 Å². The predicted octanol–water partition coefficient (Wildman–Crippen LogP) is 1.47. The standard InChI is InChI=1S/C22H31FN6O/c1-22(2)21-25-20(16-4-6-17(23)7-5-16)18(15-27-10-8-26(3)9-11-27)28(21)12-13-29(22)19(30)14-24/h4-7H,8-15,24H2,1-3H3. The van der Waals surface area contributed by atoms with Crippen molar-refractivity contribution in [3.8, 4) is 11.3 Å². The lowest BCUT2D eigenvalue weighted by atomic mass is 9.99. The summed E-state index contributed by atoms with van der Waals surface area (Å²) in [6.07, 6.45) is 0. The van der Waals surface area contributed by atoms with E-state index in [-0.39, 0.29) is 18.3 Å². The predicted molar refractivity (Wildman–Crippen MR) is 114 cm³/mol. The lowest BCUT2D eigenvalue weighted by molar-refractivity contribution is -0.137. The molecule has 162 valence electrons. The number of halogens is 1. The van der Waals surface area contributed by atoms with Gasteiger partial charge in [-0.15, -0.1) is 0 Å². The summed E-state index contributed by atoms with van der Waals surface area (Å²) in [4.78, 5) is 24.1. The van der Waals surface area contributed by atoms with Crippen molar-refractivity contribution in [1.29, 1.82) is 0 Å². The molecule has 2 aromatic rings. The van der Waals surface area contributed by atoms with E-state index in [9.17, 15) is 9.18 Å². The molecule has 0 atom stereocenters. The van der Waals surface area contributed by atoms with Crippen molar-refractivity contribution in [3.05, 3.63) is 41.6 Å². The zero-order valence-corrected chi connectivity index (χ0v) is 18.1. The SMILES string of the molecule is CN1CCN(Cc2c(-c3ccc(F)cc3)nc3n2CCN(C(=O)CN)C3(C)C)CC1. The highest BCUT2D eigenvalue weighted by atomic mass is 19.1. The van der Waals surface area contributed by atoms with Gasteiger partial charge in [0.25, 0.3) is 0 Å². The van der Waals surface area contributed by atoms with Crippen molar-refractivity contribution in [3.63, 3.8) is 0 Å². The van der Waals surface area contributed by atoms with Crippen LogP contribution in [0.3, 0.4) is 0 Å². The van der Waals surface area contributed by atoms with E-state index in [0.29, 0.717) is 13.1 Å². The number of fused-ring (bicyclic) bond motifs is 1. The number of benzene rings is 1. The summed E-state index contributed by atoms with van der Waals surface area (Å²) in [5.74, 6) is 0.528. The number of nitrogens with two attached hydrogens (primary N) is 1. The molecule has 7 nitrogen and oxygen atoms in total. The number of rotatable bonds is 4. The van der Waals surface area contributed by atoms with Gasteiger partial charge >= 0.3 is 0 Å². The molecule has 2 aliphatic heterocycles. The van der Waals surface area contributed by atoms with Gasteiger partial charge in [-0.1, -0.05) is 0 Å². The first-order valence-corrected chi connectivity index (χ1v) is 10.6. The Bertz CT molecular complexity index is 914. The molecule has 0 bridgehead atoms. The fraction of sp³-hybridized carbons (Fsp3) is 0.545. The molecule has 0 radical (unpaired) electrons. The molecule has 1 aromatic carbocycles. The molecule has 0 saturated carbocycles. The molecule has 1 saturated heterocycles. The fourth-order valence-corrected chi connectivity index (χ4v) is 4.56. The third kappa shape index (κ3) is 3.75. The van der Waals surface area contributed by atoms with Gasteiger partial charge in [-0.3, -0.25) is 9.69 Å². The molecule has 0 aliphatic carbocycles. The van der Waals surface area contributed by atoms with E-state index in [1.54, 1.807) is 12.1 Å². The topological polar surface area (TPSA) is 70.6 Å². The zero-order chi connectivity index (χ0) is 21.5. The van der Waals surface area contributed by atoms with Crippen LogP contribution in [0, 0.1) is 5.82 Å². The van der Waals surface area contributed by atoms with Gasteiger partial charge in [-0.2, -0.15) is 0 Å². The summed E-state index contributed by atoms with van der Waals surface area (Å²) in [5, 5.41) is 0. The van der Waals surface area contributed by atoms with Gasteiger partial charge in [0.2, 0.25) is 5.91 Å². The Balaban J connectivity index is 1.77. The average molecular weight is 415 g/mol. The fourth-order valence-electron chi connectivity index (χ4n) is 4.56. The van der Waals surface area contributed by atoms with Crippen LogP contribution in [-0.4, -0.2) is 76.5 Å². The first-order valence-electron chi connectivity index (χ1n) is 10.6. The van der Waals surface area contributed by atoms with Crippen molar-refractivity contribution >= 4 is 5.91 Å². The Morgan fingerprint density at radius 1 is 1.10 bits per heavy atom. The van der Waals surface area contributed by atoms with E-state index >= 15 is 0 Å². The largest absolute Gasteiger partial charge is 0.327 e. The van der Waals surface area contributed by atoms with Gasteiger partial charge in [0, 0.05) is 51.4 Å². The molecule has 8 heteroatoms. The van der Waals surface area contributed by atoms with Gasteiger partial charge < -0.3 is 20.1 Å². The number of imidazole rings is 1. The van der Waals surface area contributed by atoms with E-state index < -0.39 is 5.54 Å². The molecule has 1 fully saturated rings. The summed E-state index contributed by atoms with van der Waals surface area (Å²) < 4.78 is 15.8. The van der Waals surface area contributed by atoms with Crippen LogP contribution in [0.2, 0.25) is 0 Å². The summed E-state index contributed by atoms with van der Waals surface area (Å²) in [6, 6.07) is 6.52. The Morgan fingerprint density at radius 3 is 2.40 bits per heavy atom. The molecule has 3 heterocycles. The summed E-state index contributed by atoms with van der Waals surface area (Å²) in [5.41, 5.74) is 7.99. The van der Waals surface area contributed by atoms with Gasteiger partial charge in [-0.25, -0.2) is 9.37 Å². The minimum Gasteiger partial charge on any atom is -0.327 e. The van der Waals surface area contributed by atoms with Gasteiger partial charge in [-0.05, 0) is 45.2 Å². The van der Waals surface area contributed by atoms with Crippen LogP contribution in [0.15, 0.2) is 24.3 Å². The van der Waals surface area contributed by atoms with Crippen LogP contribution in [0.5, 0.6) is 0 Å². The first kappa shape index (κ1) is 21.0. The van der Waals surface area contributed by atoms with E-state index in [4.69, 9.17) is 10.7 Å². The highest BCUT2D eigenvalue weighted by Crippen LogP contribution is 2.36. The maximum absolute atomic E-state index is 13.5. The quantitative estimate of drug-likeness (QED) is 0.821. The lowest BCUT2D eigenvalue weighted by Crippen LogP contribution is -2.54. The molecule has 4 rings (SSSR count). The third-order valence-corrected chi connectivity index (χ3v) is 6.40. The Kier molecular flexibility index (Phi) is 5.65. The molecule has 30 heavy (non-hydrogen) atoms. The van der Waals surface area contributed by atoms with Crippen molar-refractivity contribution in [2.75, 3.05) is 46.3 Å². The number of carbonyl (C=O) groups excluding carboxylic acids is 1. The highest BCUT2D eigenvalue weighted by Gasteiger charge is 2.41. The van der Waals surface area contributed by atoms with Gasteiger partial charge in [0.1, 0.15) is 11.6 Å². The smallest absolute Gasteiger partial charge is 0.237 e. The average Bonchev–Trinajstić information content (AvgIpc) is 3.09. The Hall–Kier alpha value is -2.29. The number of hydrogen-bond acceptors (Lipinski definition) is 5. The van der Waals surface area contributed by atoms with Gasteiger partial charge in [0.05, 0.1) is 23.5 Å². The molecular formula is C22H31FN6O. The molecule has 0 unspecified atom stereocenters. The van der Waals surface area contributed by atoms with Crippen LogP contribution < -0.4 is 5.73 Å². The molecule has 1 amide bonds. The number of aromatic nitrogens is 2. The maximum Gasteiger partial charge on any atom is 0.237 e. The number of hydrogen-bond donors (Lipinski definition) is 1. The number of piperazine rings is 1. The first-order chi connectivity index (χ1) is 14.3. The van der Waals surface area contributed by atoms with Crippen LogP contribution in [0.25, 0.3) is 11.3 Å². The second-order valence-corrected chi connectivity index (χ2v) is 8.78. The van der Waals surface area contributed by atoms with E-state index in [2.05, 4.69) is 21.4 Å². The number of amides is 1. The van der Waals surface area contributed by atoms with E-state index in [1.807, 2.05) is 18.7 Å².